The largest absolute Gasteiger partial charge is 0.493 e. The Morgan fingerprint density at radius 2 is 2.05 bits per heavy atom. The predicted octanol–water partition coefficient (Wildman–Crippen LogP) is 4.21. The third-order valence-corrected chi connectivity index (χ3v) is 4.18. The molecule has 3 rings (SSSR count). The molecule has 0 fully saturated rings. The maximum atomic E-state index is 6.16. The molecule has 0 radical (unpaired) electrons. The number of hydrogen-bond donors (Lipinski definition) is 1. The van der Waals surface area contributed by atoms with Gasteiger partial charge in [-0.3, -0.25) is 0 Å². The minimum Gasteiger partial charge on any atom is -0.493 e. The van der Waals surface area contributed by atoms with Gasteiger partial charge < -0.3 is 10.5 Å². The fourth-order valence-corrected chi connectivity index (χ4v) is 3.21. The number of ether oxygens (including phenoxy) is 1. The molecule has 2 aromatic carbocycles. The lowest BCUT2D eigenvalue weighted by Gasteiger charge is -2.08. The van der Waals surface area contributed by atoms with E-state index in [1.807, 2.05) is 36.4 Å². The number of nitrogens with two attached hydrogens (primary N) is 1. The van der Waals surface area contributed by atoms with E-state index in [9.17, 15) is 0 Å². The molecule has 3 nitrogen and oxygen atoms in total. The van der Waals surface area contributed by atoms with Crippen molar-refractivity contribution in [2.24, 2.45) is 0 Å². The lowest BCUT2D eigenvalue weighted by Crippen LogP contribution is -1.93. The number of nitrogen functional groups attached to an aromatic ring is 1. The van der Waals surface area contributed by atoms with Gasteiger partial charge in [-0.2, -0.15) is 0 Å². The second-order valence-corrected chi connectivity index (χ2v) is 5.51. The van der Waals surface area contributed by atoms with E-state index in [2.05, 4.69) is 4.98 Å². The Bertz CT molecular complexity index is 698. The van der Waals surface area contributed by atoms with Gasteiger partial charge in [-0.15, -0.1) is 11.3 Å². The highest BCUT2D eigenvalue weighted by atomic mass is 35.5. The zero-order chi connectivity index (χ0) is 13.4. The maximum absolute atomic E-state index is 6.16. The number of methoxy groups -OCH3 is 1. The van der Waals surface area contributed by atoms with E-state index in [1.54, 1.807) is 18.4 Å². The fraction of sp³-hybridized carbons (Fsp3) is 0.0714. The summed E-state index contributed by atoms with van der Waals surface area (Å²) >= 11 is 7.77. The van der Waals surface area contributed by atoms with Crippen LogP contribution in [0.15, 0.2) is 36.4 Å². The molecule has 19 heavy (non-hydrogen) atoms. The van der Waals surface area contributed by atoms with Crippen LogP contribution in [0.3, 0.4) is 0 Å². The number of aromatic nitrogens is 1. The predicted molar refractivity (Wildman–Crippen MR) is 81.0 cm³/mol. The van der Waals surface area contributed by atoms with E-state index < -0.39 is 0 Å². The molecule has 0 atom stereocenters. The van der Waals surface area contributed by atoms with Gasteiger partial charge in [0.25, 0.3) is 0 Å². The van der Waals surface area contributed by atoms with Crippen LogP contribution in [0.5, 0.6) is 5.75 Å². The second kappa shape index (κ2) is 4.72. The monoisotopic (exact) mass is 290 g/mol. The maximum Gasteiger partial charge on any atom is 0.160 e. The van der Waals surface area contributed by atoms with Gasteiger partial charge in [-0.1, -0.05) is 23.7 Å². The molecule has 0 saturated heterocycles. The molecule has 0 aliphatic carbocycles. The van der Waals surface area contributed by atoms with E-state index in [4.69, 9.17) is 22.1 Å². The number of benzene rings is 2. The van der Waals surface area contributed by atoms with Gasteiger partial charge in [0.15, 0.2) is 5.75 Å². The number of para-hydroxylation sites is 1. The summed E-state index contributed by atoms with van der Waals surface area (Å²) in [4.78, 5) is 4.58. The van der Waals surface area contributed by atoms with Crippen LogP contribution in [-0.2, 0) is 0 Å². The van der Waals surface area contributed by atoms with Crippen LogP contribution in [0.2, 0.25) is 5.02 Å². The van der Waals surface area contributed by atoms with Crippen LogP contribution in [0.1, 0.15) is 0 Å². The van der Waals surface area contributed by atoms with Crippen molar-refractivity contribution in [3.63, 3.8) is 0 Å². The van der Waals surface area contributed by atoms with E-state index in [1.165, 1.54) is 0 Å². The van der Waals surface area contributed by atoms with Gasteiger partial charge in [0.1, 0.15) is 5.01 Å². The van der Waals surface area contributed by atoms with Crippen molar-refractivity contribution in [2.45, 2.75) is 0 Å². The molecular formula is C14H11ClN2OS. The molecule has 96 valence electrons. The SMILES string of the molecule is COc1c(N)cc(-c2nc3ccccc3s2)cc1Cl. The summed E-state index contributed by atoms with van der Waals surface area (Å²) in [5.74, 6) is 0.506. The lowest BCUT2D eigenvalue weighted by molar-refractivity contribution is 0.417. The summed E-state index contributed by atoms with van der Waals surface area (Å²) in [7, 11) is 1.55. The van der Waals surface area contributed by atoms with E-state index in [0.717, 1.165) is 20.8 Å². The number of thiazole rings is 1. The van der Waals surface area contributed by atoms with Crippen LogP contribution < -0.4 is 10.5 Å². The molecule has 0 spiro atoms. The third-order valence-electron chi connectivity index (χ3n) is 2.82. The highest BCUT2D eigenvalue weighted by Gasteiger charge is 2.12. The normalized spacial score (nSPS) is 10.8. The van der Waals surface area contributed by atoms with Gasteiger partial charge >= 0.3 is 0 Å². The highest BCUT2D eigenvalue weighted by Crippen LogP contribution is 2.38. The number of fused-ring (bicyclic) bond motifs is 1. The Morgan fingerprint density at radius 3 is 2.74 bits per heavy atom. The van der Waals surface area contributed by atoms with Crippen LogP contribution in [0.25, 0.3) is 20.8 Å². The summed E-state index contributed by atoms with van der Waals surface area (Å²) in [6.45, 7) is 0. The molecule has 0 bridgehead atoms. The van der Waals surface area contributed by atoms with Crippen molar-refractivity contribution < 1.29 is 4.74 Å². The quantitative estimate of drug-likeness (QED) is 0.719. The van der Waals surface area contributed by atoms with Gasteiger partial charge in [0, 0.05) is 5.56 Å². The van der Waals surface area contributed by atoms with Crippen molar-refractivity contribution in [1.29, 1.82) is 0 Å². The first-order valence-corrected chi connectivity index (χ1v) is 6.87. The fourth-order valence-electron chi connectivity index (χ4n) is 1.95. The average Bonchev–Trinajstić information content (AvgIpc) is 2.82. The Kier molecular flexibility index (Phi) is 3.05. The third kappa shape index (κ3) is 2.13. The summed E-state index contributed by atoms with van der Waals surface area (Å²) in [6.07, 6.45) is 0. The second-order valence-electron chi connectivity index (χ2n) is 4.07. The smallest absolute Gasteiger partial charge is 0.160 e. The average molecular weight is 291 g/mol. The molecule has 5 heteroatoms. The lowest BCUT2D eigenvalue weighted by atomic mass is 10.2. The molecule has 0 aliphatic rings. The van der Waals surface area contributed by atoms with Gasteiger partial charge in [-0.25, -0.2) is 4.98 Å². The number of rotatable bonds is 2. The molecule has 1 heterocycles. The number of halogens is 1. The number of hydrogen-bond acceptors (Lipinski definition) is 4. The Balaban J connectivity index is 2.16. The van der Waals surface area contributed by atoms with E-state index in [0.29, 0.717) is 16.5 Å². The molecule has 0 saturated carbocycles. The Labute approximate surface area is 119 Å². The molecule has 1 aromatic heterocycles. The van der Waals surface area contributed by atoms with Crippen molar-refractivity contribution in [3.8, 4) is 16.3 Å². The van der Waals surface area contributed by atoms with Crippen molar-refractivity contribution in [2.75, 3.05) is 12.8 Å². The van der Waals surface area contributed by atoms with Crippen molar-refractivity contribution >= 4 is 38.8 Å². The summed E-state index contributed by atoms with van der Waals surface area (Å²) in [5, 5.41) is 1.40. The van der Waals surface area contributed by atoms with Gasteiger partial charge in [-0.05, 0) is 24.3 Å². The van der Waals surface area contributed by atoms with Crippen LogP contribution in [-0.4, -0.2) is 12.1 Å². The molecule has 0 amide bonds. The van der Waals surface area contributed by atoms with Gasteiger partial charge in [0.05, 0.1) is 28.0 Å². The molecule has 0 aliphatic heterocycles. The van der Waals surface area contributed by atoms with Crippen LogP contribution >= 0.6 is 22.9 Å². The summed E-state index contributed by atoms with van der Waals surface area (Å²) < 4.78 is 6.29. The number of nitrogens with zero attached hydrogens (tertiary/aromatic N) is 1. The molecule has 0 unspecified atom stereocenters. The molecule has 2 N–H and O–H groups in total. The standard InChI is InChI=1S/C14H11ClN2OS/c1-18-13-9(15)6-8(7-10(13)16)14-17-11-4-2-3-5-12(11)19-14/h2-7H,16H2,1H3. The minimum atomic E-state index is 0.497. The summed E-state index contributed by atoms with van der Waals surface area (Å²) in [5.41, 5.74) is 8.34. The molecular weight excluding hydrogens is 280 g/mol. The number of anilines is 1. The van der Waals surface area contributed by atoms with Crippen LogP contribution in [0, 0.1) is 0 Å². The van der Waals surface area contributed by atoms with Crippen molar-refractivity contribution in [1.82, 2.24) is 4.98 Å². The van der Waals surface area contributed by atoms with Gasteiger partial charge in [0.2, 0.25) is 0 Å². The van der Waals surface area contributed by atoms with E-state index in [-0.39, 0.29) is 0 Å². The first-order valence-electron chi connectivity index (χ1n) is 5.68. The zero-order valence-electron chi connectivity index (χ0n) is 10.2. The topological polar surface area (TPSA) is 48.1 Å². The summed E-state index contributed by atoms with van der Waals surface area (Å²) in [6, 6.07) is 11.7. The Hall–Kier alpha value is -1.78. The minimum absolute atomic E-state index is 0.497. The van der Waals surface area contributed by atoms with E-state index >= 15 is 0 Å². The molecule has 3 aromatic rings. The highest BCUT2D eigenvalue weighted by molar-refractivity contribution is 7.21. The first kappa shape index (κ1) is 12.3. The first-order chi connectivity index (χ1) is 9.19. The Morgan fingerprint density at radius 1 is 1.26 bits per heavy atom. The van der Waals surface area contributed by atoms with Crippen molar-refractivity contribution in [3.05, 3.63) is 41.4 Å². The van der Waals surface area contributed by atoms with Crippen LogP contribution in [0.4, 0.5) is 5.69 Å². The zero-order valence-corrected chi connectivity index (χ0v) is 11.8.